The van der Waals surface area contributed by atoms with Gasteiger partial charge in [-0.15, -0.1) is 0 Å². The molecule has 3 aromatic rings. The Hall–Kier alpha value is -3.18. The normalized spacial score (nSPS) is 15.0. The zero-order chi connectivity index (χ0) is 19.3. The Bertz CT molecular complexity index is 973. The predicted molar refractivity (Wildman–Crippen MR) is 106 cm³/mol. The summed E-state index contributed by atoms with van der Waals surface area (Å²) in [6.45, 7) is 3.32. The first kappa shape index (κ1) is 18.2. The maximum atomic E-state index is 12.3. The lowest BCUT2D eigenvalue weighted by Crippen LogP contribution is -2.23. The Balaban J connectivity index is 1.73. The van der Waals surface area contributed by atoms with Crippen LogP contribution in [0.4, 0.5) is 0 Å². The van der Waals surface area contributed by atoms with Crippen LogP contribution in [0.5, 0.6) is 5.75 Å². The Kier molecular flexibility index (Phi) is 5.35. The molecule has 1 aromatic heterocycles. The van der Waals surface area contributed by atoms with Gasteiger partial charge in [-0.1, -0.05) is 24.3 Å². The van der Waals surface area contributed by atoms with Crippen molar-refractivity contribution in [3.63, 3.8) is 0 Å². The average Bonchev–Trinajstić information content (AvgIpc) is 2.89. The molecule has 0 spiro atoms. The summed E-state index contributed by atoms with van der Waals surface area (Å²) in [5, 5.41) is 3.63. The average molecular weight is 374 g/mol. The first-order valence-corrected chi connectivity index (χ1v) is 9.40. The van der Waals surface area contributed by atoms with Crippen LogP contribution >= 0.6 is 0 Å². The molecule has 5 heteroatoms. The number of hydrogen-bond donors (Lipinski definition) is 1. The standard InChI is InChI=1S/C23H22N2O3/c1-2-27-23(26)17-7-8-21-20(13-17)22(25-14-16-9-11-24-12-10-16)19-6-4-3-5-18(19)15-28-21/h3-13,22,25H,2,14-15H2,1H3. The van der Waals surface area contributed by atoms with Gasteiger partial charge < -0.3 is 14.8 Å². The molecule has 28 heavy (non-hydrogen) atoms. The van der Waals surface area contributed by atoms with E-state index in [-0.39, 0.29) is 12.0 Å². The Morgan fingerprint density at radius 2 is 1.96 bits per heavy atom. The molecule has 142 valence electrons. The molecule has 1 unspecified atom stereocenters. The van der Waals surface area contributed by atoms with Crippen LogP contribution in [0.15, 0.2) is 67.0 Å². The lowest BCUT2D eigenvalue weighted by atomic mass is 9.93. The number of fused-ring (bicyclic) bond motifs is 2. The first-order valence-electron chi connectivity index (χ1n) is 9.40. The van der Waals surface area contributed by atoms with Gasteiger partial charge in [-0.25, -0.2) is 4.79 Å². The molecule has 0 aliphatic carbocycles. The maximum Gasteiger partial charge on any atom is 0.338 e. The van der Waals surface area contributed by atoms with Crippen LogP contribution in [-0.4, -0.2) is 17.6 Å². The minimum atomic E-state index is -0.323. The van der Waals surface area contributed by atoms with Crippen molar-refractivity contribution in [1.29, 1.82) is 0 Å². The summed E-state index contributed by atoms with van der Waals surface area (Å²) >= 11 is 0. The van der Waals surface area contributed by atoms with E-state index in [1.165, 1.54) is 0 Å². The number of benzene rings is 2. The van der Waals surface area contributed by atoms with Crippen molar-refractivity contribution in [2.24, 2.45) is 0 Å². The van der Waals surface area contributed by atoms with Gasteiger partial charge >= 0.3 is 5.97 Å². The molecule has 0 bridgehead atoms. The van der Waals surface area contributed by atoms with Gasteiger partial charge in [0.15, 0.2) is 0 Å². The summed E-state index contributed by atoms with van der Waals surface area (Å²) in [7, 11) is 0. The van der Waals surface area contributed by atoms with E-state index in [0.717, 1.165) is 28.0 Å². The van der Waals surface area contributed by atoms with Crippen molar-refractivity contribution in [3.05, 3.63) is 94.8 Å². The number of ether oxygens (including phenoxy) is 2. The van der Waals surface area contributed by atoms with Crippen molar-refractivity contribution in [2.75, 3.05) is 6.61 Å². The third-order valence-corrected chi connectivity index (χ3v) is 4.84. The first-order chi connectivity index (χ1) is 13.8. The van der Waals surface area contributed by atoms with E-state index in [0.29, 0.717) is 25.3 Å². The van der Waals surface area contributed by atoms with E-state index in [4.69, 9.17) is 9.47 Å². The Morgan fingerprint density at radius 1 is 1.14 bits per heavy atom. The quantitative estimate of drug-likeness (QED) is 0.683. The smallest absolute Gasteiger partial charge is 0.338 e. The summed E-state index contributed by atoms with van der Waals surface area (Å²) in [6.07, 6.45) is 3.57. The largest absolute Gasteiger partial charge is 0.489 e. The molecule has 0 saturated carbocycles. The highest BCUT2D eigenvalue weighted by molar-refractivity contribution is 5.90. The summed E-state index contributed by atoms with van der Waals surface area (Å²) in [4.78, 5) is 16.3. The Morgan fingerprint density at radius 3 is 2.79 bits per heavy atom. The van der Waals surface area contributed by atoms with Crippen molar-refractivity contribution in [1.82, 2.24) is 10.3 Å². The molecule has 1 aliphatic heterocycles. The van der Waals surface area contributed by atoms with E-state index in [1.54, 1.807) is 25.4 Å². The number of carbonyl (C=O) groups is 1. The highest BCUT2D eigenvalue weighted by Gasteiger charge is 2.25. The number of esters is 1. The number of nitrogens with one attached hydrogen (secondary N) is 1. The van der Waals surface area contributed by atoms with Crippen LogP contribution in [0.1, 0.15) is 45.6 Å². The second kappa shape index (κ2) is 8.23. The topological polar surface area (TPSA) is 60.5 Å². The summed E-state index contributed by atoms with van der Waals surface area (Å²) in [5.74, 6) is 0.451. The van der Waals surface area contributed by atoms with E-state index < -0.39 is 0 Å². The number of pyridine rings is 1. The highest BCUT2D eigenvalue weighted by Crippen LogP contribution is 2.36. The maximum absolute atomic E-state index is 12.3. The van der Waals surface area contributed by atoms with Crippen LogP contribution in [0.2, 0.25) is 0 Å². The molecule has 1 N–H and O–H groups in total. The SMILES string of the molecule is CCOC(=O)c1ccc2c(c1)C(NCc1ccncc1)c1ccccc1CO2. The zero-order valence-corrected chi connectivity index (χ0v) is 15.7. The summed E-state index contributed by atoms with van der Waals surface area (Å²) in [5.41, 5.74) is 4.88. The van der Waals surface area contributed by atoms with Crippen LogP contribution in [0.3, 0.4) is 0 Å². The molecule has 2 aromatic carbocycles. The number of hydrogen-bond acceptors (Lipinski definition) is 5. The monoisotopic (exact) mass is 374 g/mol. The number of carbonyl (C=O) groups excluding carboxylic acids is 1. The molecule has 0 saturated heterocycles. The fraction of sp³-hybridized carbons (Fsp3) is 0.217. The van der Waals surface area contributed by atoms with Gasteiger partial charge in [-0.3, -0.25) is 4.98 Å². The number of aromatic nitrogens is 1. The van der Waals surface area contributed by atoms with Crippen LogP contribution in [-0.2, 0) is 17.9 Å². The van der Waals surface area contributed by atoms with Gasteiger partial charge in [0.25, 0.3) is 0 Å². The fourth-order valence-corrected chi connectivity index (χ4v) is 3.46. The summed E-state index contributed by atoms with van der Waals surface area (Å²) in [6, 6.07) is 17.6. The van der Waals surface area contributed by atoms with Crippen LogP contribution in [0, 0.1) is 0 Å². The molecule has 0 fully saturated rings. The lowest BCUT2D eigenvalue weighted by Gasteiger charge is -2.21. The van der Waals surface area contributed by atoms with E-state index in [9.17, 15) is 4.79 Å². The zero-order valence-electron chi connectivity index (χ0n) is 15.7. The summed E-state index contributed by atoms with van der Waals surface area (Å²) < 4.78 is 11.2. The number of nitrogens with zero attached hydrogens (tertiary/aromatic N) is 1. The molecule has 1 atom stereocenters. The molecule has 5 nitrogen and oxygen atoms in total. The predicted octanol–water partition coefficient (Wildman–Crippen LogP) is 4.03. The van der Waals surface area contributed by atoms with Crippen molar-refractivity contribution in [3.8, 4) is 5.75 Å². The molecular weight excluding hydrogens is 352 g/mol. The van der Waals surface area contributed by atoms with Gasteiger partial charge in [0.1, 0.15) is 12.4 Å². The van der Waals surface area contributed by atoms with Gasteiger partial charge in [0.05, 0.1) is 18.2 Å². The van der Waals surface area contributed by atoms with Crippen molar-refractivity contribution >= 4 is 5.97 Å². The molecule has 4 rings (SSSR count). The van der Waals surface area contributed by atoms with Crippen LogP contribution < -0.4 is 10.1 Å². The van der Waals surface area contributed by atoms with E-state index in [1.807, 2.05) is 36.4 Å². The molecule has 0 radical (unpaired) electrons. The van der Waals surface area contributed by atoms with E-state index in [2.05, 4.69) is 22.4 Å². The van der Waals surface area contributed by atoms with E-state index >= 15 is 0 Å². The number of rotatable bonds is 5. The third-order valence-electron chi connectivity index (χ3n) is 4.84. The van der Waals surface area contributed by atoms with Crippen LogP contribution in [0.25, 0.3) is 0 Å². The van der Waals surface area contributed by atoms with Gasteiger partial charge in [0.2, 0.25) is 0 Å². The molecule has 1 aliphatic rings. The second-order valence-corrected chi connectivity index (χ2v) is 6.63. The Labute approximate surface area is 164 Å². The molecular formula is C23H22N2O3. The molecule has 2 heterocycles. The van der Waals surface area contributed by atoms with Gasteiger partial charge in [-0.2, -0.15) is 0 Å². The second-order valence-electron chi connectivity index (χ2n) is 6.63. The lowest BCUT2D eigenvalue weighted by molar-refractivity contribution is 0.0526. The van der Waals surface area contributed by atoms with Crippen molar-refractivity contribution < 1.29 is 14.3 Å². The van der Waals surface area contributed by atoms with Crippen molar-refractivity contribution in [2.45, 2.75) is 26.1 Å². The molecule has 0 amide bonds. The minimum absolute atomic E-state index is 0.101. The fourth-order valence-electron chi connectivity index (χ4n) is 3.46. The van der Waals surface area contributed by atoms with Gasteiger partial charge in [-0.05, 0) is 53.9 Å². The van der Waals surface area contributed by atoms with Gasteiger partial charge in [0, 0.05) is 24.5 Å². The minimum Gasteiger partial charge on any atom is -0.489 e. The third kappa shape index (κ3) is 3.75. The highest BCUT2D eigenvalue weighted by atomic mass is 16.5.